The van der Waals surface area contributed by atoms with Crippen molar-refractivity contribution in [3.63, 3.8) is 0 Å². The van der Waals surface area contributed by atoms with E-state index in [1.807, 2.05) is 7.05 Å². The lowest BCUT2D eigenvalue weighted by Gasteiger charge is -2.36. The molecule has 1 amide bonds. The summed E-state index contributed by atoms with van der Waals surface area (Å²) in [5.41, 5.74) is 2.18. The number of nitrogens with zero attached hydrogens (tertiary/aromatic N) is 1. The van der Waals surface area contributed by atoms with E-state index in [1.54, 1.807) is 0 Å². The van der Waals surface area contributed by atoms with Crippen molar-refractivity contribution in [1.82, 2.24) is 15.2 Å². The van der Waals surface area contributed by atoms with Crippen molar-refractivity contribution >= 4 is 5.91 Å². The fourth-order valence-electron chi connectivity index (χ4n) is 3.17. The van der Waals surface area contributed by atoms with Crippen molar-refractivity contribution in [3.8, 4) is 0 Å². The van der Waals surface area contributed by atoms with Crippen molar-refractivity contribution < 1.29 is 4.79 Å². The third-order valence-electron chi connectivity index (χ3n) is 4.59. The van der Waals surface area contributed by atoms with Crippen LogP contribution in [-0.2, 0) is 18.4 Å². The van der Waals surface area contributed by atoms with Gasteiger partial charge in [-0.25, -0.2) is 0 Å². The number of hydrogen-bond acceptors (Lipinski definition) is 2. The van der Waals surface area contributed by atoms with Crippen LogP contribution in [0, 0.1) is 12.3 Å². The van der Waals surface area contributed by atoms with Gasteiger partial charge in [-0.15, -0.1) is 0 Å². The summed E-state index contributed by atoms with van der Waals surface area (Å²) < 4.78 is 2.13. The van der Waals surface area contributed by atoms with Crippen LogP contribution < -0.4 is 10.6 Å². The summed E-state index contributed by atoms with van der Waals surface area (Å²) >= 11 is 0. The van der Waals surface area contributed by atoms with Gasteiger partial charge in [0.25, 0.3) is 0 Å². The lowest BCUT2D eigenvalue weighted by Crippen LogP contribution is -2.50. The Morgan fingerprint density at radius 3 is 2.85 bits per heavy atom. The molecule has 1 aromatic rings. The first-order chi connectivity index (χ1) is 9.59. The average Bonchev–Trinajstić information content (AvgIpc) is 2.77. The number of carbonyl (C=O) groups is 1. The highest BCUT2D eigenvalue weighted by Gasteiger charge is 2.38. The van der Waals surface area contributed by atoms with E-state index in [0.29, 0.717) is 6.54 Å². The van der Waals surface area contributed by atoms with Crippen molar-refractivity contribution in [2.24, 2.45) is 12.5 Å². The first-order valence-electron chi connectivity index (χ1n) is 7.69. The average molecular weight is 277 g/mol. The van der Waals surface area contributed by atoms with Gasteiger partial charge in [-0.2, -0.15) is 0 Å². The maximum atomic E-state index is 12.6. The van der Waals surface area contributed by atoms with E-state index in [1.165, 1.54) is 5.69 Å². The molecule has 20 heavy (non-hydrogen) atoms. The fourth-order valence-corrected chi connectivity index (χ4v) is 3.17. The van der Waals surface area contributed by atoms with Crippen LogP contribution in [-0.4, -0.2) is 23.6 Å². The number of rotatable bonds is 5. The molecule has 0 aromatic carbocycles. The molecule has 112 valence electrons. The lowest BCUT2D eigenvalue weighted by atomic mass is 9.76. The molecule has 1 aliphatic heterocycles. The van der Waals surface area contributed by atoms with Crippen LogP contribution in [0.3, 0.4) is 0 Å². The molecule has 0 spiro atoms. The maximum absolute atomic E-state index is 12.6. The van der Waals surface area contributed by atoms with Gasteiger partial charge in [0.05, 0.1) is 12.0 Å². The van der Waals surface area contributed by atoms with E-state index in [-0.39, 0.29) is 11.3 Å². The van der Waals surface area contributed by atoms with Gasteiger partial charge in [-0.3, -0.25) is 4.79 Å². The van der Waals surface area contributed by atoms with Gasteiger partial charge >= 0.3 is 0 Å². The van der Waals surface area contributed by atoms with Crippen LogP contribution in [0.1, 0.15) is 44.0 Å². The van der Waals surface area contributed by atoms with E-state index in [0.717, 1.165) is 44.5 Å². The van der Waals surface area contributed by atoms with Crippen LogP contribution in [0.15, 0.2) is 12.1 Å². The maximum Gasteiger partial charge on any atom is 0.227 e. The minimum absolute atomic E-state index is 0.201. The fraction of sp³-hybridized carbons (Fsp3) is 0.688. The Morgan fingerprint density at radius 1 is 1.50 bits per heavy atom. The minimum Gasteiger partial charge on any atom is -0.350 e. The third kappa shape index (κ3) is 3.06. The third-order valence-corrected chi connectivity index (χ3v) is 4.59. The highest BCUT2D eigenvalue weighted by atomic mass is 16.2. The molecule has 1 atom stereocenters. The van der Waals surface area contributed by atoms with Crippen molar-refractivity contribution in [2.45, 2.75) is 46.1 Å². The molecule has 2 rings (SSSR count). The summed E-state index contributed by atoms with van der Waals surface area (Å²) in [5.74, 6) is 0.213. The second kappa shape index (κ2) is 6.44. The van der Waals surface area contributed by atoms with Gasteiger partial charge in [0.2, 0.25) is 5.91 Å². The van der Waals surface area contributed by atoms with E-state index in [2.05, 4.69) is 41.2 Å². The van der Waals surface area contributed by atoms with Crippen molar-refractivity contribution in [1.29, 1.82) is 0 Å². The Labute approximate surface area is 121 Å². The monoisotopic (exact) mass is 277 g/mol. The zero-order valence-corrected chi connectivity index (χ0v) is 13.0. The second-order valence-corrected chi connectivity index (χ2v) is 6.02. The Bertz CT molecular complexity index is 453. The van der Waals surface area contributed by atoms with Gasteiger partial charge in [0, 0.05) is 25.0 Å². The smallest absolute Gasteiger partial charge is 0.227 e. The molecule has 0 saturated carbocycles. The molecular formula is C16H27N3O. The van der Waals surface area contributed by atoms with E-state index in [9.17, 15) is 4.79 Å². The molecule has 4 nitrogen and oxygen atoms in total. The van der Waals surface area contributed by atoms with Crippen LogP contribution >= 0.6 is 0 Å². The number of aryl methyl sites for hydroxylation is 1. The molecule has 1 fully saturated rings. The SMILES string of the molecule is CCCC1(C(=O)NCc2ccc(C)n2C)CCCNC1. The number of amides is 1. The Morgan fingerprint density at radius 2 is 2.30 bits per heavy atom. The minimum atomic E-state index is -0.201. The predicted octanol–water partition coefficient (Wildman–Crippen LogP) is 2.12. The van der Waals surface area contributed by atoms with Crippen LogP contribution in [0.4, 0.5) is 0 Å². The highest BCUT2D eigenvalue weighted by Crippen LogP contribution is 2.31. The molecule has 0 radical (unpaired) electrons. The van der Waals surface area contributed by atoms with Gasteiger partial charge < -0.3 is 15.2 Å². The molecular weight excluding hydrogens is 250 g/mol. The molecule has 1 saturated heterocycles. The number of hydrogen-bond donors (Lipinski definition) is 2. The van der Waals surface area contributed by atoms with Gasteiger partial charge in [0.1, 0.15) is 0 Å². The first kappa shape index (κ1) is 15.1. The molecule has 2 N–H and O–H groups in total. The molecule has 0 bridgehead atoms. The Hall–Kier alpha value is -1.29. The van der Waals surface area contributed by atoms with E-state index < -0.39 is 0 Å². The topological polar surface area (TPSA) is 46.1 Å². The van der Waals surface area contributed by atoms with Gasteiger partial charge in [-0.05, 0) is 44.9 Å². The number of aromatic nitrogens is 1. The summed E-state index contributed by atoms with van der Waals surface area (Å²) in [6, 6.07) is 4.17. The second-order valence-electron chi connectivity index (χ2n) is 6.02. The van der Waals surface area contributed by atoms with Crippen LogP contribution in [0.5, 0.6) is 0 Å². The summed E-state index contributed by atoms with van der Waals surface area (Å²) in [6.07, 6.45) is 4.12. The molecule has 2 heterocycles. The van der Waals surface area contributed by atoms with Crippen molar-refractivity contribution in [2.75, 3.05) is 13.1 Å². The predicted molar refractivity (Wildman–Crippen MR) is 81.4 cm³/mol. The standard InChI is InChI=1S/C16H27N3O/c1-4-8-16(9-5-10-17-12-16)15(20)18-11-14-7-6-13(2)19(14)3/h6-7,17H,4-5,8-12H2,1-3H3,(H,18,20). The zero-order valence-electron chi connectivity index (χ0n) is 13.0. The normalized spacial score (nSPS) is 22.8. The number of piperidine rings is 1. The number of nitrogens with one attached hydrogen (secondary N) is 2. The molecule has 1 aliphatic rings. The van der Waals surface area contributed by atoms with Crippen LogP contribution in [0.2, 0.25) is 0 Å². The van der Waals surface area contributed by atoms with Gasteiger partial charge in [0.15, 0.2) is 0 Å². The summed E-state index contributed by atoms with van der Waals surface area (Å²) in [4.78, 5) is 12.6. The lowest BCUT2D eigenvalue weighted by molar-refractivity contribution is -0.132. The molecule has 4 heteroatoms. The van der Waals surface area contributed by atoms with Gasteiger partial charge in [-0.1, -0.05) is 13.3 Å². The highest BCUT2D eigenvalue weighted by molar-refractivity contribution is 5.83. The summed E-state index contributed by atoms with van der Waals surface area (Å²) in [7, 11) is 2.04. The molecule has 1 unspecified atom stereocenters. The Balaban J connectivity index is 2.00. The Kier molecular flexibility index (Phi) is 4.86. The first-order valence-corrected chi connectivity index (χ1v) is 7.69. The quantitative estimate of drug-likeness (QED) is 0.866. The van der Waals surface area contributed by atoms with Crippen molar-refractivity contribution in [3.05, 3.63) is 23.5 Å². The molecule has 0 aliphatic carbocycles. The summed E-state index contributed by atoms with van der Waals surface area (Å²) in [5, 5.41) is 6.54. The number of carbonyl (C=O) groups excluding carboxylic acids is 1. The zero-order chi connectivity index (χ0) is 14.6. The summed E-state index contributed by atoms with van der Waals surface area (Å²) in [6.45, 7) is 6.71. The van der Waals surface area contributed by atoms with E-state index >= 15 is 0 Å². The van der Waals surface area contributed by atoms with E-state index in [4.69, 9.17) is 0 Å². The van der Waals surface area contributed by atoms with Crippen LogP contribution in [0.25, 0.3) is 0 Å². The largest absolute Gasteiger partial charge is 0.350 e. The molecule has 1 aromatic heterocycles.